The molecule has 210 valence electrons. The van der Waals surface area contributed by atoms with Crippen LogP contribution in [0.5, 0.6) is 5.75 Å². The van der Waals surface area contributed by atoms with Crippen LogP contribution in [-0.4, -0.2) is 25.0 Å². The monoisotopic (exact) mass is 568 g/mol. The van der Waals surface area contributed by atoms with Crippen molar-refractivity contribution in [2.75, 3.05) is 6.61 Å². The molecule has 0 spiro atoms. The van der Waals surface area contributed by atoms with Gasteiger partial charge in [-0.3, -0.25) is 0 Å². The summed E-state index contributed by atoms with van der Waals surface area (Å²) in [7, 11) is -4.21. The van der Waals surface area contributed by atoms with Gasteiger partial charge in [-0.15, -0.1) is 0 Å². The maximum absolute atomic E-state index is 14.2. The zero-order chi connectivity index (χ0) is 29.0. The van der Waals surface area contributed by atoms with Gasteiger partial charge in [-0.1, -0.05) is 79.7 Å². The van der Waals surface area contributed by atoms with E-state index in [0.29, 0.717) is 40.8 Å². The lowest BCUT2D eigenvalue weighted by Crippen LogP contribution is -2.20. The number of carbonyl (C=O) groups excluding carboxylic acids is 1. The van der Waals surface area contributed by atoms with E-state index in [4.69, 9.17) is 15.2 Å². The normalized spacial score (nSPS) is 12.3. The van der Waals surface area contributed by atoms with Crippen LogP contribution < -0.4 is 10.5 Å². The third-order valence-corrected chi connectivity index (χ3v) is 8.69. The van der Waals surface area contributed by atoms with Crippen LogP contribution in [-0.2, 0) is 21.4 Å². The van der Waals surface area contributed by atoms with E-state index in [1.807, 2.05) is 61.5 Å². The molecular weight excluding hydrogens is 536 g/mol. The Morgan fingerprint density at radius 2 is 1.54 bits per heavy atom. The number of rotatable bonds is 10. The number of hydrogen-bond donors (Lipinski definition) is 1. The van der Waals surface area contributed by atoms with Gasteiger partial charge in [0.25, 0.3) is 10.0 Å². The van der Waals surface area contributed by atoms with Crippen molar-refractivity contribution < 1.29 is 22.7 Å². The molecule has 0 amide bonds. The van der Waals surface area contributed by atoms with Gasteiger partial charge in [0.15, 0.2) is 5.69 Å². The van der Waals surface area contributed by atoms with Gasteiger partial charge in [-0.05, 0) is 60.4 Å². The highest BCUT2D eigenvalue weighted by atomic mass is 32.2. The van der Waals surface area contributed by atoms with Crippen LogP contribution in [0.25, 0.3) is 22.0 Å². The third-order valence-electron chi connectivity index (χ3n) is 6.96. The van der Waals surface area contributed by atoms with Gasteiger partial charge >= 0.3 is 5.97 Å². The van der Waals surface area contributed by atoms with Crippen molar-refractivity contribution >= 4 is 26.9 Å². The van der Waals surface area contributed by atoms with Gasteiger partial charge < -0.3 is 15.2 Å². The van der Waals surface area contributed by atoms with Crippen LogP contribution in [0.1, 0.15) is 47.9 Å². The van der Waals surface area contributed by atoms with Crippen molar-refractivity contribution in [3.63, 3.8) is 0 Å². The number of aromatic nitrogens is 1. The molecule has 1 heterocycles. The van der Waals surface area contributed by atoms with E-state index in [-0.39, 0.29) is 23.2 Å². The van der Waals surface area contributed by atoms with E-state index in [1.54, 1.807) is 43.3 Å². The summed E-state index contributed by atoms with van der Waals surface area (Å²) < 4.78 is 41.1. The molecule has 0 saturated carbocycles. The Morgan fingerprint density at radius 3 is 2.22 bits per heavy atom. The first kappa shape index (κ1) is 28.1. The third kappa shape index (κ3) is 5.49. The maximum atomic E-state index is 14.2. The molecule has 0 aliphatic rings. The van der Waals surface area contributed by atoms with Crippen molar-refractivity contribution in [2.24, 2.45) is 5.73 Å². The highest BCUT2D eigenvalue weighted by Crippen LogP contribution is 2.42. The number of fused-ring (bicyclic) bond motifs is 1. The second-order valence-corrected chi connectivity index (χ2v) is 11.4. The lowest BCUT2D eigenvalue weighted by atomic mass is 9.92. The lowest BCUT2D eigenvalue weighted by Gasteiger charge is -2.17. The fraction of sp³-hybridized carbons (Fsp3) is 0.182. The summed E-state index contributed by atoms with van der Waals surface area (Å²) in [6.07, 6.45) is 0.651. The van der Waals surface area contributed by atoms with E-state index in [1.165, 1.54) is 12.1 Å². The van der Waals surface area contributed by atoms with Crippen LogP contribution in [0.15, 0.2) is 108 Å². The number of esters is 1. The molecule has 1 atom stereocenters. The van der Waals surface area contributed by atoms with Gasteiger partial charge in [0.05, 0.1) is 17.0 Å². The van der Waals surface area contributed by atoms with Gasteiger partial charge in [0.2, 0.25) is 0 Å². The minimum Gasteiger partial charge on any atom is -0.489 e. The molecule has 0 bridgehead atoms. The average molecular weight is 569 g/mol. The summed E-state index contributed by atoms with van der Waals surface area (Å²) in [4.78, 5) is 13.7. The van der Waals surface area contributed by atoms with Gasteiger partial charge in [0.1, 0.15) is 12.4 Å². The molecule has 0 aliphatic heterocycles. The Bertz CT molecular complexity index is 1780. The highest BCUT2D eigenvalue weighted by Gasteiger charge is 2.33. The summed E-state index contributed by atoms with van der Waals surface area (Å²) in [6, 6.07) is 30.1. The molecule has 0 fully saturated rings. The highest BCUT2D eigenvalue weighted by molar-refractivity contribution is 7.90. The SMILES string of the molecule is CCOC(=O)c1c(-c2ccccc2C(N)CC)c2cc(OCc3ccccc3)ccc2n1S(=O)(=O)c1ccccc1. The zero-order valence-corrected chi connectivity index (χ0v) is 23.8. The number of ether oxygens (including phenoxy) is 2. The van der Waals surface area contributed by atoms with Gasteiger partial charge in [-0.25, -0.2) is 17.2 Å². The summed E-state index contributed by atoms with van der Waals surface area (Å²) >= 11 is 0. The summed E-state index contributed by atoms with van der Waals surface area (Å²) in [5, 5.41) is 0.536. The number of hydrogen-bond acceptors (Lipinski definition) is 6. The molecule has 2 N–H and O–H groups in total. The number of nitrogens with zero attached hydrogens (tertiary/aromatic N) is 1. The number of benzene rings is 4. The summed E-state index contributed by atoms with van der Waals surface area (Å²) in [5.74, 6) is -0.214. The van der Waals surface area contributed by atoms with Crippen LogP contribution in [0.2, 0.25) is 0 Å². The molecule has 41 heavy (non-hydrogen) atoms. The molecule has 7 nitrogen and oxygen atoms in total. The predicted molar refractivity (Wildman–Crippen MR) is 160 cm³/mol. The lowest BCUT2D eigenvalue weighted by molar-refractivity contribution is 0.0519. The minimum atomic E-state index is -4.21. The zero-order valence-electron chi connectivity index (χ0n) is 23.0. The Hall–Kier alpha value is -4.40. The predicted octanol–water partition coefficient (Wildman–Crippen LogP) is 6.71. The molecular formula is C33H32N2O5S. The average Bonchev–Trinajstić information content (AvgIpc) is 3.36. The molecule has 5 aromatic rings. The fourth-order valence-electron chi connectivity index (χ4n) is 4.95. The largest absolute Gasteiger partial charge is 0.489 e. The standard InChI is InChI=1S/C33H32N2O5S/c1-3-29(34)26-17-11-12-18-27(26)31-28-21-24(40-22-23-13-7-5-8-14-23)19-20-30(28)35(32(31)33(36)39-4-2)41(37,38)25-15-9-6-10-16-25/h5-21,29H,3-4,22,34H2,1-2H3. The first-order chi connectivity index (χ1) is 19.9. The molecule has 0 saturated heterocycles. The van der Waals surface area contributed by atoms with Crippen LogP contribution in [0, 0.1) is 0 Å². The molecule has 4 aromatic carbocycles. The smallest absolute Gasteiger partial charge is 0.356 e. The minimum absolute atomic E-state index is 0.0527. The summed E-state index contributed by atoms with van der Waals surface area (Å²) in [6.45, 7) is 4.07. The quantitative estimate of drug-likeness (QED) is 0.188. The van der Waals surface area contributed by atoms with E-state index >= 15 is 0 Å². The van der Waals surface area contributed by atoms with E-state index in [9.17, 15) is 13.2 Å². The van der Waals surface area contributed by atoms with Crippen molar-refractivity contribution in [2.45, 2.75) is 37.8 Å². The molecule has 1 aromatic heterocycles. The Morgan fingerprint density at radius 1 is 0.878 bits per heavy atom. The second-order valence-electron chi connectivity index (χ2n) is 9.58. The van der Waals surface area contributed by atoms with E-state index in [0.717, 1.165) is 15.1 Å². The van der Waals surface area contributed by atoms with Crippen molar-refractivity contribution in [1.82, 2.24) is 3.97 Å². The number of carbonyl (C=O) groups is 1. The van der Waals surface area contributed by atoms with Gasteiger partial charge in [-0.2, -0.15) is 0 Å². The van der Waals surface area contributed by atoms with Crippen molar-refractivity contribution in [3.8, 4) is 16.9 Å². The maximum Gasteiger partial charge on any atom is 0.356 e. The first-order valence-electron chi connectivity index (χ1n) is 13.5. The molecule has 1 unspecified atom stereocenters. The molecule has 5 rings (SSSR count). The second kappa shape index (κ2) is 12.0. The summed E-state index contributed by atoms with van der Waals surface area (Å²) in [5.41, 5.74) is 9.66. The van der Waals surface area contributed by atoms with Crippen LogP contribution >= 0.6 is 0 Å². The van der Waals surface area contributed by atoms with Crippen LogP contribution in [0.4, 0.5) is 0 Å². The number of nitrogens with two attached hydrogens (primary N) is 1. The Labute approximate surface area is 240 Å². The Balaban J connectivity index is 1.83. The van der Waals surface area contributed by atoms with E-state index < -0.39 is 16.0 Å². The van der Waals surface area contributed by atoms with Gasteiger partial charge in [0, 0.05) is 17.0 Å². The Kier molecular flexibility index (Phi) is 8.23. The first-order valence-corrected chi connectivity index (χ1v) is 15.0. The topological polar surface area (TPSA) is 101 Å². The molecule has 0 aliphatic carbocycles. The van der Waals surface area contributed by atoms with Crippen molar-refractivity contribution in [3.05, 3.63) is 120 Å². The van der Waals surface area contributed by atoms with E-state index in [2.05, 4.69) is 0 Å². The van der Waals surface area contributed by atoms with Crippen molar-refractivity contribution in [1.29, 1.82) is 0 Å². The van der Waals surface area contributed by atoms with Crippen LogP contribution in [0.3, 0.4) is 0 Å². The molecule has 8 heteroatoms. The molecule has 0 radical (unpaired) electrons. The fourth-order valence-corrected chi connectivity index (χ4v) is 6.48.